The van der Waals surface area contributed by atoms with Gasteiger partial charge in [0.2, 0.25) is 5.95 Å². The van der Waals surface area contributed by atoms with E-state index < -0.39 is 0 Å². The van der Waals surface area contributed by atoms with Crippen LogP contribution in [0, 0.1) is 6.92 Å². The number of rotatable bonds is 3. The maximum absolute atomic E-state index is 4.61. The Morgan fingerprint density at radius 2 is 2.15 bits per heavy atom. The first-order valence-corrected chi connectivity index (χ1v) is 8.88. The number of hydrogen-bond donors (Lipinski definition) is 0. The Bertz CT molecular complexity index is 596. The van der Waals surface area contributed by atoms with Gasteiger partial charge in [0, 0.05) is 18.5 Å². The fourth-order valence-electron chi connectivity index (χ4n) is 2.98. The van der Waals surface area contributed by atoms with E-state index in [-0.39, 0.29) is 0 Å². The van der Waals surface area contributed by atoms with E-state index in [9.17, 15) is 0 Å². The molecule has 1 aliphatic rings. The third-order valence-corrected chi connectivity index (χ3v) is 5.70. The van der Waals surface area contributed by atoms with Crippen molar-refractivity contribution in [2.75, 3.05) is 17.7 Å². The first kappa shape index (κ1) is 13.9. The third kappa shape index (κ3) is 2.56. The Hall–Kier alpha value is -1.07. The van der Waals surface area contributed by atoms with Crippen LogP contribution in [0.4, 0.5) is 5.95 Å². The summed E-state index contributed by atoms with van der Waals surface area (Å²) in [4.78, 5) is 6.96. The van der Waals surface area contributed by atoms with Gasteiger partial charge in [0.25, 0.3) is 0 Å². The zero-order valence-electron chi connectivity index (χ0n) is 12.0. The fourth-order valence-corrected chi connectivity index (χ4v) is 3.99. The molecule has 0 radical (unpaired) electrons. The van der Waals surface area contributed by atoms with Gasteiger partial charge in [-0.15, -0.1) is 0 Å². The first-order chi connectivity index (χ1) is 9.69. The van der Waals surface area contributed by atoms with E-state index >= 15 is 0 Å². The Morgan fingerprint density at radius 1 is 1.35 bits per heavy atom. The van der Waals surface area contributed by atoms with E-state index in [1.165, 1.54) is 29.1 Å². The van der Waals surface area contributed by atoms with E-state index in [0.29, 0.717) is 12.0 Å². The van der Waals surface area contributed by atoms with Crippen LogP contribution in [0.1, 0.15) is 30.4 Å². The van der Waals surface area contributed by atoms with Crippen LogP contribution in [0.15, 0.2) is 28.6 Å². The monoisotopic (exact) mass is 305 g/mol. The van der Waals surface area contributed by atoms with Crippen molar-refractivity contribution >= 4 is 29.2 Å². The van der Waals surface area contributed by atoms with Gasteiger partial charge in [-0.25, -0.2) is 0 Å². The molecule has 5 heteroatoms. The smallest absolute Gasteiger partial charge is 0.238 e. The molecule has 2 aromatic rings. The summed E-state index contributed by atoms with van der Waals surface area (Å²) in [7, 11) is 0. The average Bonchev–Trinajstić information content (AvgIpc) is 3.05. The lowest BCUT2D eigenvalue weighted by Crippen LogP contribution is -2.27. The van der Waals surface area contributed by atoms with Gasteiger partial charge < -0.3 is 4.90 Å². The summed E-state index contributed by atoms with van der Waals surface area (Å²) in [5, 5.41) is 0. The SMILES string of the molecule is CSc1nc(N2CC(c3ccccc3C)CC2C)ns1. The molecule has 0 bridgehead atoms. The molecule has 2 unspecified atom stereocenters. The summed E-state index contributed by atoms with van der Waals surface area (Å²) >= 11 is 3.17. The normalized spacial score (nSPS) is 22.4. The molecule has 3 rings (SSSR count). The molecule has 0 amide bonds. The first-order valence-electron chi connectivity index (χ1n) is 6.89. The minimum absolute atomic E-state index is 0.504. The van der Waals surface area contributed by atoms with Crippen molar-refractivity contribution < 1.29 is 0 Å². The number of nitrogens with zero attached hydrogens (tertiary/aromatic N) is 3. The highest BCUT2D eigenvalue weighted by Gasteiger charge is 2.32. The summed E-state index contributed by atoms with van der Waals surface area (Å²) in [5.41, 5.74) is 2.87. The number of benzene rings is 1. The van der Waals surface area contributed by atoms with Crippen molar-refractivity contribution in [2.24, 2.45) is 0 Å². The number of hydrogen-bond acceptors (Lipinski definition) is 5. The fraction of sp³-hybridized carbons (Fsp3) is 0.467. The molecular weight excluding hydrogens is 286 g/mol. The summed E-state index contributed by atoms with van der Waals surface area (Å²) in [6.07, 6.45) is 3.23. The molecule has 2 atom stereocenters. The lowest BCUT2D eigenvalue weighted by atomic mass is 9.93. The number of aromatic nitrogens is 2. The van der Waals surface area contributed by atoms with Gasteiger partial charge in [-0.3, -0.25) is 0 Å². The van der Waals surface area contributed by atoms with Crippen LogP contribution in [0.5, 0.6) is 0 Å². The standard InChI is InChI=1S/C15H19N3S2/c1-10-6-4-5-7-13(10)12-8-11(2)18(9-12)14-16-15(19-3)20-17-14/h4-7,11-12H,8-9H2,1-3H3. The summed E-state index contributed by atoms with van der Waals surface area (Å²) in [5.74, 6) is 1.50. The van der Waals surface area contributed by atoms with Crippen molar-refractivity contribution in [3.05, 3.63) is 35.4 Å². The number of anilines is 1. The maximum atomic E-state index is 4.61. The van der Waals surface area contributed by atoms with Crippen molar-refractivity contribution in [2.45, 2.75) is 36.6 Å². The topological polar surface area (TPSA) is 29.0 Å². The summed E-state index contributed by atoms with van der Waals surface area (Å²) in [6, 6.07) is 9.22. The van der Waals surface area contributed by atoms with E-state index in [2.05, 4.69) is 52.4 Å². The maximum Gasteiger partial charge on any atom is 0.238 e. The van der Waals surface area contributed by atoms with Gasteiger partial charge in [0.1, 0.15) is 0 Å². The Labute approximate surface area is 128 Å². The number of thioether (sulfide) groups is 1. The second kappa shape index (κ2) is 5.74. The molecule has 0 aliphatic carbocycles. The van der Waals surface area contributed by atoms with E-state index in [1.807, 2.05) is 6.26 Å². The quantitative estimate of drug-likeness (QED) is 0.803. The Morgan fingerprint density at radius 3 is 2.85 bits per heavy atom. The van der Waals surface area contributed by atoms with Crippen LogP contribution < -0.4 is 4.90 Å². The average molecular weight is 305 g/mol. The van der Waals surface area contributed by atoms with Crippen molar-refractivity contribution in [1.29, 1.82) is 0 Å². The molecular formula is C15H19N3S2. The van der Waals surface area contributed by atoms with Crippen LogP contribution in [0.3, 0.4) is 0 Å². The summed E-state index contributed by atoms with van der Waals surface area (Å²) < 4.78 is 5.55. The van der Waals surface area contributed by atoms with Crippen molar-refractivity contribution in [3.63, 3.8) is 0 Å². The Kier molecular flexibility index (Phi) is 3.98. The lowest BCUT2D eigenvalue weighted by Gasteiger charge is -2.19. The van der Waals surface area contributed by atoms with Crippen LogP contribution in [-0.2, 0) is 0 Å². The molecule has 1 saturated heterocycles. The lowest BCUT2D eigenvalue weighted by molar-refractivity contribution is 0.692. The molecule has 0 spiro atoms. The molecule has 1 fully saturated rings. The Balaban J connectivity index is 1.82. The van der Waals surface area contributed by atoms with Gasteiger partial charge in [-0.05, 0) is 49.2 Å². The van der Waals surface area contributed by atoms with Crippen molar-refractivity contribution in [1.82, 2.24) is 9.36 Å². The highest BCUT2D eigenvalue weighted by Crippen LogP contribution is 2.36. The zero-order valence-corrected chi connectivity index (χ0v) is 13.7. The molecule has 1 aromatic carbocycles. The molecule has 1 aromatic heterocycles. The second-order valence-electron chi connectivity index (χ2n) is 5.36. The van der Waals surface area contributed by atoms with Crippen LogP contribution in [0.25, 0.3) is 0 Å². The molecule has 2 heterocycles. The molecule has 106 valence electrons. The predicted octanol–water partition coefficient (Wildman–Crippen LogP) is 3.95. The molecule has 3 nitrogen and oxygen atoms in total. The molecule has 1 aliphatic heterocycles. The highest BCUT2D eigenvalue weighted by molar-refractivity contribution is 8.00. The number of aryl methyl sites for hydroxylation is 1. The highest BCUT2D eigenvalue weighted by atomic mass is 32.2. The van der Waals surface area contributed by atoms with Gasteiger partial charge in [0.05, 0.1) is 0 Å². The summed E-state index contributed by atoms with van der Waals surface area (Å²) in [6.45, 7) is 5.50. The molecule has 20 heavy (non-hydrogen) atoms. The van der Waals surface area contributed by atoms with E-state index in [0.717, 1.165) is 16.8 Å². The largest absolute Gasteiger partial charge is 0.337 e. The second-order valence-corrected chi connectivity index (χ2v) is 7.16. The van der Waals surface area contributed by atoms with Gasteiger partial charge in [-0.1, -0.05) is 36.0 Å². The van der Waals surface area contributed by atoms with Gasteiger partial charge in [0.15, 0.2) is 4.34 Å². The van der Waals surface area contributed by atoms with E-state index in [1.54, 1.807) is 11.8 Å². The predicted molar refractivity (Wildman–Crippen MR) is 87.0 cm³/mol. The third-order valence-electron chi connectivity index (χ3n) is 4.03. The minimum Gasteiger partial charge on any atom is -0.337 e. The van der Waals surface area contributed by atoms with Crippen LogP contribution in [-0.4, -0.2) is 28.2 Å². The minimum atomic E-state index is 0.504. The molecule has 0 saturated carbocycles. The van der Waals surface area contributed by atoms with Crippen LogP contribution in [0.2, 0.25) is 0 Å². The molecule has 0 N–H and O–H groups in total. The van der Waals surface area contributed by atoms with Gasteiger partial charge in [-0.2, -0.15) is 9.36 Å². The van der Waals surface area contributed by atoms with Gasteiger partial charge >= 0.3 is 0 Å². The van der Waals surface area contributed by atoms with Crippen LogP contribution >= 0.6 is 23.3 Å². The van der Waals surface area contributed by atoms with E-state index in [4.69, 9.17) is 0 Å². The zero-order chi connectivity index (χ0) is 14.1. The van der Waals surface area contributed by atoms with Crippen molar-refractivity contribution in [3.8, 4) is 0 Å².